The maximum atomic E-state index is 15.3. The smallest absolute Gasteiger partial charge is 0.339 e. The van der Waals surface area contributed by atoms with Crippen molar-refractivity contribution in [3.8, 4) is 0 Å². The number of piperidine rings is 2. The summed E-state index contributed by atoms with van der Waals surface area (Å²) in [5, 5.41) is 0. The first-order valence-corrected chi connectivity index (χ1v) is 22.1. The predicted octanol–water partition coefficient (Wildman–Crippen LogP) is 8.45. The largest absolute Gasteiger partial charge is 0.449 e. The molecule has 55 heavy (non-hydrogen) atoms. The second-order valence-corrected chi connectivity index (χ2v) is 20.1. The van der Waals surface area contributed by atoms with Crippen molar-refractivity contribution in [1.82, 2.24) is 9.80 Å². The predicted molar refractivity (Wildman–Crippen MR) is 214 cm³/mol. The van der Waals surface area contributed by atoms with Crippen LogP contribution in [0.4, 0.5) is 0 Å². The van der Waals surface area contributed by atoms with Gasteiger partial charge in [-0.05, 0) is 118 Å². The summed E-state index contributed by atoms with van der Waals surface area (Å²) < 4.78 is 13.9. The first kappa shape index (κ1) is 36.2. The quantitative estimate of drug-likeness (QED) is 0.211. The molecule has 3 aliphatic carbocycles. The van der Waals surface area contributed by atoms with Gasteiger partial charge in [0, 0.05) is 48.8 Å². The number of carbonyl (C=O) groups is 2. The molecule has 0 aromatic heterocycles. The van der Waals surface area contributed by atoms with Gasteiger partial charge in [-0.25, -0.2) is 4.79 Å². The summed E-state index contributed by atoms with van der Waals surface area (Å²) in [6.45, 7) is 15.7. The highest BCUT2D eigenvalue weighted by Crippen LogP contribution is 2.85. The maximum Gasteiger partial charge on any atom is 0.339 e. The van der Waals surface area contributed by atoms with Gasteiger partial charge < -0.3 is 20.1 Å². The van der Waals surface area contributed by atoms with E-state index in [1.165, 1.54) is 17.6 Å². The molecule has 1 aromatic rings. The molecule has 4 fully saturated rings. The van der Waals surface area contributed by atoms with Crippen molar-refractivity contribution in [3.63, 3.8) is 0 Å². The minimum absolute atomic E-state index is 0.118. The number of rotatable bonds is 8. The fourth-order valence-electron chi connectivity index (χ4n) is 14.1. The first-order chi connectivity index (χ1) is 26.5. The van der Waals surface area contributed by atoms with Gasteiger partial charge in [0.05, 0.1) is 17.0 Å². The van der Waals surface area contributed by atoms with E-state index in [0.717, 1.165) is 106 Å². The van der Waals surface area contributed by atoms with E-state index < -0.39 is 16.4 Å². The molecule has 12 atom stereocenters. The van der Waals surface area contributed by atoms with Gasteiger partial charge in [-0.3, -0.25) is 9.69 Å². The average Bonchev–Trinajstić information content (AvgIpc) is 3.61. The van der Waals surface area contributed by atoms with Crippen LogP contribution in [0.3, 0.4) is 0 Å². The Hall–Kier alpha value is -3.16. The van der Waals surface area contributed by atoms with E-state index in [2.05, 4.69) is 86.9 Å². The van der Waals surface area contributed by atoms with Crippen molar-refractivity contribution >= 4 is 11.9 Å². The van der Waals surface area contributed by atoms with Crippen LogP contribution in [0.15, 0.2) is 65.1 Å². The van der Waals surface area contributed by atoms with E-state index in [9.17, 15) is 4.79 Å². The third-order valence-corrected chi connectivity index (χ3v) is 16.4. The highest BCUT2D eigenvalue weighted by Gasteiger charge is 2.91. The molecule has 1 saturated carbocycles. The molecule has 0 amide bonds. The van der Waals surface area contributed by atoms with E-state index in [-0.39, 0.29) is 23.8 Å². The molecule has 10 bridgehead atoms. The highest BCUT2D eigenvalue weighted by molar-refractivity contribution is 5.99. The summed E-state index contributed by atoms with van der Waals surface area (Å²) in [5.41, 5.74) is 10.6. The molecule has 3 saturated heterocycles. The maximum absolute atomic E-state index is 15.3. The number of allylic oxidation sites excluding steroid dienone is 3. The van der Waals surface area contributed by atoms with Gasteiger partial charge >= 0.3 is 11.9 Å². The van der Waals surface area contributed by atoms with Crippen LogP contribution in [0.25, 0.3) is 0 Å². The van der Waals surface area contributed by atoms with Crippen LogP contribution in [-0.2, 0) is 26.3 Å². The van der Waals surface area contributed by atoms with Crippen molar-refractivity contribution in [2.24, 2.45) is 58.0 Å². The molecule has 0 radical (unpaired) electrons. The number of benzene rings is 1. The van der Waals surface area contributed by atoms with Crippen molar-refractivity contribution in [1.29, 1.82) is 0 Å². The zero-order valence-electron chi connectivity index (χ0n) is 33.9. The number of hydrogen-bond donors (Lipinski definition) is 1. The van der Waals surface area contributed by atoms with Crippen molar-refractivity contribution in [2.75, 3.05) is 26.2 Å². The zero-order valence-corrected chi connectivity index (χ0v) is 33.9. The SMILES string of the molecule is CC(C)CC[C@H](C)C[C@@H]1[C@@]2(OC(=O)c3c(CCCN)cccc32)[C@@]23CCC4=C[C@@]12C(=O)O/C3=C\C[C@@H](C)N1C[C@H]2C[C@@H](C1)[C@@H]1C=CC3=C([C@H]4C[C@@H](C)C3)N1C2. The molecule has 12 aliphatic rings. The number of nitrogens with zero attached hydrogens (tertiary/aromatic N) is 2. The van der Waals surface area contributed by atoms with Crippen LogP contribution in [-0.4, -0.2) is 60.0 Å². The van der Waals surface area contributed by atoms with E-state index in [0.29, 0.717) is 48.2 Å². The molecule has 9 heterocycles. The third-order valence-electron chi connectivity index (χ3n) is 16.4. The lowest BCUT2D eigenvalue weighted by molar-refractivity contribution is -0.274. The average molecular weight is 746 g/mol. The number of aryl methyl sites for hydroxylation is 1. The Morgan fingerprint density at radius 1 is 1.05 bits per heavy atom. The van der Waals surface area contributed by atoms with Gasteiger partial charge in [-0.2, -0.15) is 0 Å². The Bertz CT molecular complexity index is 1930. The first-order valence-electron chi connectivity index (χ1n) is 22.1. The van der Waals surface area contributed by atoms with Crippen LogP contribution in [0, 0.1) is 52.3 Å². The van der Waals surface area contributed by atoms with Crippen LogP contribution in [0.1, 0.15) is 120 Å². The normalized spacial score (nSPS) is 42.0. The van der Waals surface area contributed by atoms with E-state index in [1.807, 2.05) is 0 Å². The Balaban J connectivity index is 1.20. The van der Waals surface area contributed by atoms with Gasteiger partial charge in [-0.1, -0.05) is 82.5 Å². The highest BCUT2D eigenvalue weighted by atomic mass is 16.6. The van der Waals surface area contributed by atoms with Crippen LogP contribution in [0.2, 0.25) is 0 Å². The van der Waals surface area contributed by atoms with E-state index >= 15 is 4.79 Å². The molecule has 13 rings (SSSR count). The molecule has 1 unspecified atom stereocenters. The zero-order chi connectivity index (χ0) is 38.0. The van der Waals surface area contributed by atoms with Crippen LogP contribution < -0.4 is 5.73 Å². The summed E-state index contributed by atoms with van der Waals surface area (Å²) in [6, 6.07) is 7.11. The second kappa shape index (κ2) is 12.9. The van der Waals surface area contributed by atoms with Crippen molar-refractivity contribution < 1.29 is 19.1 Å². The number of hydrogen-bond acceptors (Lipinski definition) is 7. The molecule has 9 aliphatic heterocycles. The van der Waals surface area contributed by atoms with Crippen LogP contribution in [0.5, 0.6) is 0 Å². The standard InChI is InChI=1S/C48H63N3O4/c1-28(2)11-12-29(3)22-40-46-24-35-17-18-47(46,48(40)38-10-6-8-33(9-7-19-49)42(38)44(52)55-48)41(54-45(46)53)16-13-31(5)50-25-32-23-36(27-50)39-15-14-34-20-30(4)21-37(35)43(34)51(39)26-32/h6,8,10,14-16,24,28-32,36-37,39-40H,7,9,11-13,17-23,25-27,49H2,1-5H3/b41-16-/t29-,30-,31+,32+,36-,37-,39-,40-,46-,47+,48+/m0/s1. The monoisotopic (exact) mass is 745 g/mol. The minimum Gasteiger partial charge on any atom is -0.449 e. The lowest BCUT2D eigenvalue weighted by Gasteiger charge is -2.69. The second-order valence-electron chi connectivity index (χ2n) is 20.1. The van der Waals surface area contributed by atoms with Gasteiger partial charge in [0.2, 0.25) is 0 Å². The Labute approximate surface area is 328 Å². The van der Waals surface area contributed by atoms with Gasteiger partial charge in [-0.15, -0.1) is 0 Å². The molecule has 1 aromatic carbocycles. The lowest BCUT2D eigenvalue weighted by atomic mass is 9.31. The molecular weight excluding hydrogens is 683 g/mol. The third kappa shape index (κ3) is 4.87. The fraction of sp³-hybridized carbons (Fsp3) is 0.667. The summed E-state index contributed by atoms with van der Waals surface area (Å²) in [5.74, 6) is 3.28. The summed E-state index contributed by atoms with van der Waals surface area (Å²) in [7, 11) is 0. The summed E-state index contributed by atoms with van der Waals surface area (Å²) in [6.07, 6.45) is 20.3. The summed E-state index contributed by atoms with van der Waals surface area (Å²) in [4.78, 5) is 35.4. The summed E-state index contributed by atoms with van der Waals surface area (Å²) >= 11 is 0. The Kier molecular flexibility index (Phi) is 8.51. The van der Waals surface area contributed by atoms with Crippen molar-refractivity contribution in [3.05, 3.63) is 81.8 Å². The van der Waals surface area contributed by atoms with Gasteiger partial charge in [0.15, 0.2) is 5.60 Å². The van der Waals surface area contributed by atoms with Crippen molar-refractivity contribution in [2.45, 2.75) is 123 Å². The lowest BCUT2D eigenvalue weighted by Crippen LogP contribution is -2.75. The van der Waals surface area contributed by atoms with Gasteiger partial charge in [0.1, 0.15) is 11.2 Å². The molecule has 7 heteroatoms. The Morgan fingerprint density at radius 2 is 1.91 bits per heavy atom. The minimum atomic E-state index is -0.967. The number of nitrogens with two attached hydrogens (primary N) is 1. The van der Waals surface area contributed by atoms with E-state index in [4.69, 9.17) is 15.2 Å². The van der Waals surface area contributed by atoms with E-state index in [1.54, 1.807) is 5.70 Å². The number of carbonyl (C=O) groups excluding carboxylic acids is 2. The Morgan fingerprint density at radius 3 is 2.73 bits per heavy atom. The number of fused-ring (bicyclic) bond motifs is 2. The van der Waals surface area contributed by atoms with Gasteiger partial charge in [0.25, 0.3) is 0 Å². The molecule has 2 spiro atoms. The fourth-order valence-corrected chi connectivity index (χ4v) is 14.1. The molecule has 7 nitrogen and oxygen atoms in total. The topological polar surface area (TPSA) is 85.1 Å². The number of esters is 2. The van der Waals surface area contributed by atoms with Crippen LogP contribution >= 0.6 is 0 Å². The molecule has 294 valence electrons. The number of ether oxygens (including phenoxy) is 2. The molecular formula is C48H63N3O4. The molecule has 2 N–H and O–H groups in total.